The minimum atomic E-state index is -0.313. The van der Waals surface area contributed by atoms with Crippen LogP contribution in [-0.2, 0) is 13.0 Å². The Balaban J connectivity index is 2.06. The number of benzene rings is 2. The Bertz CT molecular complexity index is 491. The highest BCUT2D eigenvalue weighted by Crippen LogP contribution is 2.11. The number of hydrogen-bond acceptors (Lipinski definition) is 2. The van der Waals surface area contributed by atoms with E-state index in [1.165, 1.54) is 11.1 Å². The summed E-state index contributed by atoms with van der Waals surface area (Å²) in [5.41, 5.74) is 3.16. The Labute approximate surface area is 99.9 Å². The summed E-state index contributed by atoms with van der Waals surface area (Å²) >= 11 is 0. The summed E-state index contributed by atoms with van der Waals surface area (Å²) in [6.07, 6.45) is 0.861. The van der Waals surface area contributed by atoms with Gasteiger partial charge < -0.3 is 0 Å². The van der Waals surface area contributed by atoms with Crippen molar-refractivity contribution in [2.75, 3.05) is 0 Å². The van der Waals surface area contributed by atoms with Gasteiger partial charge in [-0.15, -0.1) is 0 Å². The molecule has 0 aliphatic heterocycles. The molecule has 0 N–H and O–H groups in total. The van der Waals surface area contributed by atoms with E-state index in [2.05, 4.69) is 12.1 Å². The van der Waals surface area contributed by atoms with Crippen LogP contribution in [0.4, 0.5) is 0 Å². The van der Waals surface area contributed by atoms with Gasteiger partial charge in [-0.3, -0.25) is 10.1 Å². The third-order valence-electron chi connectivity index (χ3n) is 2.59. The lowest BCUT2D eigenvalue weighted by Gasteiger charge is -2.02. The Morgan fingerprint density at radius 2 is 1.35 bits per heavy atom. The molecule has 0 aromatic heterocycles. The van der Waals surface area contributed by atoms with E-state index >= 15 is 0 Å². The Hall–Kier alpha value is -2.16. The number of rotatable bonds is 4. The normalized spacial score (nSPS) is 10.1. The fourth-order valence-electron chi connectivity index (χ4n) is 1.74. The zero-order chi connectivity index (χ0) is 12.1. The number of nitro groups is 1. The van der Waals surface area contributed by atoms with E-state index in [9.17, 15) is 10.1 Å². The molecule has 0 saturated heterocycles. The van der Waals surface area contributed by atoms with Crippen molar-refractivity contribution in [3.63, 3.8) is 0 Å². The van der Waals surface area contributed by atoms with Crippen molar-refractivity contribution in [2.45, 2.75) is 13.0 Å². The molecule has 0 heterocycles. The van der Waals surface area contributed by atoms with E-state index in [4.69, 9.17) is 0 Å². The molecule has 0 fully saturated rings. The van der Waals surface area contributed by atoms with Gasteiger partial charge in [-0.05, 0) is 17.5 Å². The van der Waals surface area contributed by atoms with Gasteiger partial charge in [0.05, 0.1) is 0 Å². The molecule has 2 aromatic carbocycles. The number of hydrogen-bond donors (Lipinski definition) is 0. The standard InChI is InChI=1S/C14H13NO2/c16-15(17)11-14-8-6-13(7-9-14)10-12-4-2-1-3-5-12/h1-9H,10-11H2. The summed E-state index contributed by atoms with van der Waals surface area (Å²) in [4.78, 5) is 10.0. The lowest BCUT2D eigenvalue weighted by atomic mass is 10.0. The van der Waals surface area contributed by atoms with E-state index in [-0.39, 0.29) is 11.5 Å². The first-order valence-corrected chi connectivity index (χ1v) is 5.47. The van der Waals surface area contributed by atoms with Gasteiger partial charge in [0, 0.05) is 10.5 Å². The summed E-state index contributed by atoms with van der Waals surface area (Å²) in [6, 6.07) is 17.7. The SMILES string of the molecule is O=[N+]([O-])Cc1ccc(Cc2ccccc2)cc1. The highest BCUT2D eigenvalue weighted by Gasteiger charge is 2.01. The van der Waals surface area contributed by atoms with Crippen molar-refractivity contribution in [3.8, 4) is 0 Å². The third-order valence-corrected chi connectivity index (χ3v) is 2.59. The Kier molecular flexibility index (Phi) is 3.50. The third kappa shape index (κ3) is 3.41. The molecule has 3 heteroatoms. The molecule has 0 spiro atoms. The van der Waals surface area contributed by atoms with Crippen LogP contribution in [-0.4, -0.2) is 4.92 Å². The average molecular weight is 227 g/mol. The van der Waals surface area contributed by atoms with Crippen LogP contribution in [0.3, 0.4) is 0 Å². The molecule has 86 valence electrons. The summed E-state index contributed by atoms with van der Waals surface area (Å²) in [5, 5.41) is 10.4. The Morgan fingerprint density at radius 1 is 0.824 bits per heavy atom. The Morgan fingerprint density at radius 3 is 1.94 bits per heavy atom. The van der Waals surface area contributed by atoms with Gasteiger partial charge in [-0.25, -0.2) is 0 Å². The molecule has 0 aliphatic rings. The van der Waals surface area contributed by atoms with E-state index in [1.54, 1.807) is 0 Å². The second kappa shape index (κ2) is 5.25. The van der Waals surface area contributed by atoms with Crippen LogP contribution in [0.5, 0.6) is 0 Å². The quantitative estimate of drug-likeness (QED) is 0.595. The summed E-state index contributed by atoms with van der Waals surface area (Å²) in [7, 11) is 0. The largest absolute Gasteiger partial charge is 0.264 e. The molecule has 0 unspecified atom stereocenters. The van der Waals surface area contributed by atoms with Crippen LogP contribution < -0.4 is 0 Å². The molecule has 0 bridgehead atoms. The van der Waals surface area contributed by atoms with Gasteiger partial charge in [-0.1, -0.05) is 54.6 Å². The monoisotopic (exact) mass is 227 g/mol. The van der Waals surface area contributed by atoms with Crippen molar-refractivity contribution in [1.82, 2.24) is 0 Å². The molecule has 0 aliphatic carbocycles. The molecule has 0 radical (unpaired) electrons. The van der Waals surface area contributed by atoms with E-state index in [1.807, 2.05) is 42.5 Å². The molecule has 0 saturated carbocycles. The average Bonchev–Trinajstić information content (AvgIpc) is 2.32. The molecule has 2 aromatic rings. The maximum atomic E-state index is 10.4. The summed E-state index contributed by atoms with van der Waals surface area (Å²) in [5.74, 6) is 0. The van der Waals surface area contributed by atoms with Gasteiger partial charge in [-0.2, -0.15) is 0 Å². The second-order valence-electron chi connectivity index (χ2n) is 3.97. The van der Waals surface area contributed by atoms with Crippen molar-refractivity contribution < 1.29 is 4.92 Å². The topological polar surface area (TPSA) is 43.1 Å². The van der Waals surface area contributed by atoms with Crippen LogP contribution in [0.2, 0.25) is 0 Å². The van der Waals surface area contributed by atoms with Gasteiger partial charge >= 0.3 is 0 Å². The first-order chi connectivity index (χ1) is 8.24. The zero-order valence-corrected chi connectivity index (χ0v) is 9.37. The van der Waals surface area contributed by atoms with Crippen LogP contribution >= 0.6 is 0 Å². The lowest BCUT2D eigenvalue weighted by Crippen LogP contribution is -1.98. The first kappa shape index (κ1) is 11.3. The van der Waals surface area contributed by atoms with E-state index in [0.717, 1.165) is 12.0 Å². The number of nitrogens with zero attached hydrogens (tertiary/aromatic N) is 1. The highest BCUT2D eigenvalue weighted by atomic mass is 16.6. The lowest BCUT2D eigenvalue weighted by molar-refractivity contribution is -0.496. The minimum Gasteiger partial charge on any atom is -0.264 e. The highest BCUT2D eigenvalue weighted by molar-refractivity contribution is 5.28. The molecular formula is C14H13NO2. The van der Waals surface area contributed by atoms with Crippen molar-refractivity contribution >= 4 is 0 Å². The van der Waals surface area contributed by atoms with Crippen molar-refractivity contribution in [2.24, 2.45) is 0 Å². The van der Waals surface area contributed by atoms with Crippen LogP contribution in [0.15, 0.2) is 54.6 Å². The van der Waals surface area contributed by atoms with E-state index in [0.29, 0.717) is 0 Å². The molecular weight excluding hydrogens is 214 g/mol. The van der Waals surface area contributed by atoms with Crippen molar-refractivity contribution in [3.05, 3.63) is 81.4 Å². The van der Waals surface area contributed by atoms with Gasteiger partial charge in [0.25, 0.3) is 0 Å². The van der Waals surface area contributed by atoms with Crippen LogP contribution in [0.25, 0.3) is 0 Å². The molecule has 0 amide bonds. The molecule has 3 nitrogen and oxygen atoms in total. The van der Waals surface area contributed by atoms with Crippen LogP contribution in [0, 0.1) is 10.1 Å². The zero-order valence-electron chi connectivity index (χ0n) is 9.37. The predicted molar refractivity (Wildman–Crippen MR) is 66.4 cm³/mol. The summed E-state index contributed by atoms with van der Waals surface area (Å²) in [6.45, 7) is -0.106. The summed E-state index contributed by atoms with van der Waals surface area (Å²) < 4.78 is 0. The molecule has 2 rings (SSSR count). The van der Waals surface area contributed by atoms with Gasteiger partial charge in [0.15, 0.2) is 0 Å². The fourth-order valence-corrected chi connectivity index (χ4v) is 1.74. The van der Waals surface area contributed by atoms with E-state index < -0.39 is 0 Å². The van der Waals surface area contributed by atoms with Gasteiger partial charge in [0.2, 0.25) is 6.54 Å². The van der Waals surface area contributed by atoms with Gasteiger partial charge in [0.1, 0.15) is 0 Å². The van der Waals surface area contributed by atoms with Crippen molar-refractivity contribution in [1.29, 1.82) is 0 Å². The first-order valence-electron chi connectivity index (χ1n) is 5.47. The molecule has 0 atom stereocenters. The fraction of sp³-hybridized carbons (Fsp3) is 0.143. The second-order valence-corrected chi connectivity index (χ2v) is 3.97. The maximum Gasteiger partial charge on any atom is 0.228 e. The predicted octanol–water partition coefficient (Wildman–Crippen LogP) is 3.05. The molecule has 17 heavy (non-hydrogen) atoms. The minimum absolute atomic E-state index is 0.106. The van der Waals surface area contributed by atoms with Crippen LogP contribution in [0.1, 0.15) is 16.7 Å². The maximum absolute atomic E-state index is 10.4. The smallest absolute Gasteiger partial charge is 0.228 e.